The maximum absolute atomic E-state index is 12.7. The molecule has 2 aromatic carbocycles. The Hall–Kier alpha value is -2.58. The van der Waals surface area contributed by atoms with E-state index in [1.54, 1.807) is 36.6 Å². The molecule has 4 aromatic rings. The minimum atomic E-state index is -0.0363. The number of para-hydroxylation sites is 1. The maximum atomic E-state index is 12.7. The first kappa shape index (κ1) is 16.9. The van der Waals surface area contributed by atoms with Gasteiger partial charge >= 0.3 is 0 Å². The second-order valence-corrected chi connectivity index (χ2v) is 7.40. The number of methoxy groups -OCH3 is 2. The lowest BCUT2D eigenvalue weighted by Crippen LogP contribution is -2.06. The molecule has 0 atom stereocenters. The number of carbonyl (C=O) groups is 1. The van der Waals surface area contributed by atoms with Crippen LogP contribution < -0.4 is 9.47 Å². The molecular formula is C18H15N3O3S2. The molecule has 6 nitrogen and oxygen atoms in total. The molecule has 0 aliphatic heterocycles. The summed E-state index contributed by atoms with van der Waals surface area (Å²) in [5, 5.41) is 9.15. The van der Waals surface area contributed by atoms with E-state index in [0.29, 0.717) is 22.2 Å². The molecule has 0 aliphatic rings. The Labute approximate surface area is 157 Å². The van der Waals surface area contributed by atoms with Crippen LogP contribution in [0.5, 0.6) is 11.5 Å². The number of thiazole rings is 1. The number of aromatic nitrogens is 3. The van der Waals surface area contributed by atoms with Gasteiger partial charge in [0.25, 0.3) is 0 Å². The summed E-state index contributed by atoms with van der Waals surface area (Å²) in [6.45, 7) is 0. The van der Waals surface area contributed by atoms with Crippen LogP contribution in [0.15, 0.2) is 47.6 Å². The average Bonchev–Trinajstić information content (AvgIpc) is 3.24. The molecule has 0 spiro atoms. The van der Waals surface area contributed by atoms with Crippen molar-refractivity contribution >= 4 is 44.1 Å². The lowest BCUT2D eigenvalue weighted by molar-refractivity contribution is 0.101. The number of nitrogens with zero attached hydrogens (tertiary/aromatic N) is 3. The molecule has 0 fully saturated rings. The van der Waals surface area contributed by atoms with Gasteiger partial charge in [0.1, 0.15) is 11.5 Å². The van der Waals surface area contributed by atoms with Crippen molar-refractivity contribution in [3.63, 3.8) is 0 Å². The van der Waals surface area contributed by atoms with E-state index in [1.807, 2.05) is 22.6 Å². The Morgan fingerprint density at radius 1 is 1.15 bits per heavy atom. The monoisotopic (exact) mass is 385 g/mol. The Kier molecular flexibility index (Phi) is 4.52. The fraction of sp³-hybridized carbons (Fsp3) is 0.167. The predicted octanol–water partition coefficient (Wildman–Crippen LogP) is 3.94. The number of benzene rings is 2. The van der Waals surface area contributed by atoms with Crippen LogP contribution in [0.25, 0.3) is 15.2 Å². The molecule has 0 saturated carbocycles. The van der Waals surface area contributed by atoms with Crippen molar-refractivity contribution in [2.45, 2.75) is 5.16 Å². The van der Waals surface area contributed by atoms with Crippen LogP contribution in [0.3, 0.4) is 0 Å². The average molecular weight is 385 g/mol. The molecule has 2 heterocycles. The van der Waals surface area contributed by atoms with Gasteiger partial charge in [0.2, 0.25) is 4.96 Å². The van der Waals surface area contributed by atoms with E-state index in [9.17, 15) is 4.79 Å². The van der Waals surface area contributed by atoms with E-state index < -0.39 is 0 Å². The molecule has 2 aromatic heterocycles. The summed E-state index contributed by atoms with van der Waals surface area (Å²) < 4.78 is 13.6. The van der Waals surface area contributed by atoms with E-state index in [2.05, 4.69) is 16.3 Å². The SMILES string of the molecule is COc1ccc(C(=O)CSc2nnc3sc4ccccc4n23)c(OC)c1. The molecule has 4 rings (SSSR count). The number of thioether (sulfide) groups is 1. The Balaban J connectivity index is 1.59. The van der Waals surface area contributed by atoms with Gasteiger partial charge in [-0.1, -0.05) is 35.2 Å². The molecule has 0 N–H and O–H groups in total. The van der Waals surface area contributed by atoms with Crippen molar-refractivity contribution in [1.82, 2.24) is 14.6 Å². The van der Waals surface area contributed by atoms with Crippen LogP contribution in [0.2, 0.25) is 0 Å². The van der Waals surface area contributed by atoms with Gasteiger partial charge in [-0.15, -0.1) is 10.2 Å². The summed E-state index contributed by atoms with van der Waals surface area (Å²) in [5.41, 5.74) is 1.58. The Morgan fingerprint density at radius 3 is 2.81 bits per heavy atom. The van der Waals surface area contributed by atoms with E-state index in [-0.39, 0.29) is 11.5 Å². The summed E-state index contributed by atoms with van der Waals surface area (Å²) in [6.07, 6.45) is 0. The minimum absolute atomic E-state index is 0.0363. The first-order valence-corrected chi connectivity index (χ1v) is 9.62. The van der Waals surface area contributed by atoms with Gasteiger partial charge in [0.15, 0.2) is 10.9 Å². The fourth-order valence-corrected chi connectivity index (χ4v) is 4.54. The molecular weight excluding hydrogens is 370 g/mol. The highest BCUT2D eigenvalue weighted by Gasteiger charge is 2.17. The van der Waals surface area contributed by atoms with Gasteiger partial charge in [-0.3, -0.25) is 9.20 Å². The first-order valence-electron chi connectivity index (χ1n) is 7.82. The maximum Gasteiger partial charge on any atom is 0.217 e. The zero-order valence-electron chi connectivity index (χ0n) is 14.1. The Morgan fingerprint density at radius 2 is 2.00 bits per heavy atom. The van der Waals surface area contributed by atoms with Crippen LogP contribution in [0.4, 0.5) is 0 Å². The number of hydrogen-bond acceptors (Lipinski definition) is 7. The highest BCUT2D eigenvalue weighted by Crippen LogP contribution is 2.31. The summed E-state index contributed by atoms with van der Waals surface area (Å²) in [6, 6.07) is 13.2. The molecule has 0 radical (unpaired) electrons. The largest absolute Gasteiger partial charge is 0.497 e. The highest BCUT2D eigenvalue weighted by molar-refractivity contribution is 7.99. The number of rotatable bonds is 6. The number of ether oxygens (including phenoxy) is 2. The van der Waals surface area contributed by atoms with Crippen LogP contribution in [-0.2, 0) is 0 Å². The lowest BCUT2D eigenvalue weighted by atomic mass is 10.1. The Bertz CT molecular complexity index is 1100. The van der Waals surface area contributed by atoms with E-state index in [4.69, 9.17) is 9.47 Å². The van der Waals surface area contributed by atoms with Gasteiger partial charge < -0.3 is 9.47 Å². The standard InChI is InChI=1S/C18H15N3O3S2/c1-23-11-7-8-12(15(9-11)24-2)14(22)10-25-17-19-20-18-21(17)13-5-3-4-6-16(13)26-18/h3-9H,10H2,1-2H3. The summed E-state index contributed by atoms with van der Waals surface area (Å²) in [7, 11) is 3.12. The molecule has 26 heavy (non-hydrogen) atoms. The van der Waals surface area contributed by atoms with Gasteiger partial charge in [-0.2, -0.15) is 0 Å². The third kappa shape index (κ3) is 2.91. The smallest absolute Gasteiger partial charge is 0.217 e. The molecule has 0 unspecified atom stereocenters. The summed E-state index contributed by atoms with van der Waals surface area (Å²) in [4.78, 5) is 13.5. The van der Waals surface area contributed by atoms with Gasteiger partial charge in [0, 0.05) is 6.07 Å². The third-order valence-electron chi connectivity index (χ3n) is 3.95. The molecule has 8 heteroatoms. The number of carbonyl (C=O) groups excluding carboxylic acids is 1. The zero-order valence-corrected chi connectivity index (χ0v) is 15.8. The predicted molar refractivity (Wildman–Crippen MR) is 103 cm³/mol. The van der Waals surface area contributed by atoms with Gasteiger partial charge in [0.05, 0.1) is 35.8 Å². The first-order chi connectivity index (χ1) is 12.7. The zero-order chi connectivity index (χ0) is 18.1. The van der Waals surface area contributed by atoms with E-state index in [1.165, 1.54) is 18.9 Å². The molecule has 132 valence electrons. The third-order valence-corrected chi connectivity index (χ3v) is 5.89. The van der Waals surface area contributed by atoms with Crippen molar-refractivity contribution in [1.29, 1.82) is 0 Å². The van der Waals surface area contributed by atoms with Crippen molar-refractivity contribution < 1.29 is 14.3 Å². The number of fused-ring (bicyclic) bond motifs is 3. The van der Waals surface area contributed by atoms with Crippen molar-refractivity contribution in [2.24, 2.45) is 0 Å². The van der Waals surface area contributed by atoms with E-state index in [0.717, 1.165) is 15.2 Å². The van der Waals surface area contributed by atoms with Crippen LogP contribution in [-0.4, -0.2) is 40.4 Å². The van der Waals surface area contributed by atoms with Crippen molar-refractivity contribution in [2.75, 3.05) is 20.0 Å². The normalized spacial score (nSPS) is 11.2. The van der Waals surface area contributed by atoms with Crippen molar-refractivity contribution in [3.05, 3.63) is 48.0 Å². The van der Waals surface area contributed by atoms with E-state index >= 15 is 0 Å². The summed E-state index contributed by atoms with van der Waals surface area (Å²) in [5.74, 6) is 1.36. The molecule has 0 aliphatic carbocycles. The minimum Gasteiger partial charge on any atom is -0.497 e. The molecule has 0 bridgehead atoms. The topological polar surface area (TPSA) is 65.7 Å². The van der Waals surface area contributed by atoms with Crippen molar-refractivity contribution in [3.8, 4) is 11.5 Å². The van der Waals surface area contributed by atoms with Gasteiger partial charge in [-0.05, 0) is 24.3 Å². The van der Waals surface area contributed by atoms with Gasteiger partial charge in [-0.25, -0.2) is 0 Å². The quantitative estimate of drug-likeness (QED) is 0.370. The van der Waals surface area contributed by atoms with Crippen LogP contribution in [0, 0.1) is 0 Å². The fourth-order valence-electron chi connectivity index (χ4n) is 2.69. The number of ketones is 1. The number of Topliss-reactive ketones (excluding diaryl/α,β-unsaturated/α-hetero) is 1. The highest BCUT2D eigenvalue weighted by atomic mass is 32.2. The summed E-state index contributed by atoms with van der Waals surface area (Å²) >= 11 is 2.95. The van der Waals surface area contributed by atoms with Crippen LogP contribution >= 0.6 is 23.1 Å². The molecule has 0 saturated heterocycles. The lowest BCUT2D eigenvalue weighted by Gasteiger charge is -2.09. The second-order valence-electron chi connectivity index (χ2n) is 5.45. The number of hydrogen-bond donors (Lipinski definition) is 0. The second kappa shape index (κ2) is 6.97. The molecule has 0 amide bonds. The van der Waals surface area contributed by atoms with Crippen LogP contribution in [0.1, 0.15) is 10.4 Å².